The van der Waals surface area contributed by atoms with Gasteiger partial charge < -0.3 is 11.1 Å². The van der Waals surface area contributed by atoms with Crippen LogP contribution in [0.3, 0.4) is 0 Å². The monoisotopic (exact) mass is 226 g/mol. The van der Waals surface area contributed by atoms with Crippen molar-refractivity contribution in [3.63, 3.8) is 0 Å². The van der Waals surface area contributed by atoms with Gasteiger partial charge >= 0.3 is 0 Å². The topological polar surface area (TPSA) is 55.1 Å². The smallest absolute Gasteiger partial charge is 0.219 e. The molecule has 15 heavy (non-hydrogen) atoms. The summed E-state index contributed by atoms with van der Waals surface area (Å²) in [5, 5.41) is 7.55. The molecular formula is C11H18N2OS. The molecule has 0 saturated carbocycles. The lowest BCUT2D eigenvalue weighted by Crippen LogP contribution is -2.43. The van der Waals surface area contributed by atoms with Gasteiger partial charge in [-0.2, -0.15) is 11.3 Å². The van der Waals surface area contributed by atoms with E-state index in [4.69, 9.17) is 5.73 Å². The van der Waals surface area contributed by atoms with E-state index >= 15 is 0 Å². The average molecular weight is 226 g/mol. The lowest BCUT2D eigenvalue weighted by atomic mass is 10.00. The van der Waals surface area contributed by atoms with Crippen molar-refractivity contribution in [3.8, 4) is 0 Å². The van der Waals surface area contributed by atoms with Crippen molar-refractivity contribution in [1.82, 2.24) is 5.32 Å². The first-order valence-electron chi connectivity index (χ1n) is 5.04. The molecule has 1 aromatic rings. The second kappa shape index (κ2) is 5.28. The van der Waals surface area contributed by atoms with Crippen molar-refractivity contribution < 1.29 is 4.79 Å². The van der Waals surface area contributed by atoms with Crippen LogP contribution >= 0.6 is 11.3 Å². The van der Waals surface area contributed by atoms with Crippen LogP contribution in [0.5, 0.6) is 0 Å². The van der Waals surface area contributed by atoms with Crippen LogP contribution in [0, 0.1) is 0 Å². The van der Waals surface area contributed by atoms with E-state index in [0.717, 1.165) is 13.0 Å². The minimum absolute atomic E-state index is 0.206. The highest BCUT2D eigenvalue weighted by molar-refractivity contribution is 7.07. The highest BCUT2D eigenvalue weighted by atomic mass is 32.1. The molecule has 1 heterocycles. The highest BCUT2D eigenvalue weighted by Gasteiger charge is 2.19. The molecule has 1 amide bonds. The summed E-state index contributed by atoms with van der Waals surface area (Å²) in [5.74, 6) is -0.261. The first-order chi connectivity index (χ1) is 6.99. The average Bonchev–Trinajstić information content (AvgIpc) is 2.53. The summed E-state index contributed by atoms with van der Waals surface area (Å²) in [7, 11) is 0. The minimum Gasteiger partial charge on any atom is -0.370 e. The Hall–Kier alpha value is -0.870. The summed E-state index contributed by atoms with van der Waals surface area (Å²) in [6.45, 7) is 4.85. The third kappa shape index (κ3) is 4.95. The fraction of sp³-hybridized carbons (Fsp3) is 0.545. The molecule has 0 aliphatic rings. The Morgan fingerprint density at radius 1 is 1.60 bits per heavy atom. The Bertz CT molecular complexity index is 306. The van der Waals surface area contributed by atoms with Crippen LogP contribution in [0.25, 0.3) is 0 Å². The summed E-state index contributed by atoms with van der Waals surface area (Å²) >= 11 is 1.71. The Morgan fingerprint density at radius 2 is 2.33 bits per heavy atom. The van der Waals surface area contributed by atoms with Crippen molar-refractivity contribution in [1.29, 1.82) is 0 Å². The lowest BCUT2D eigenvalue weighted by molar-refractivity contribution is -0.119. The van der Waals surface area contributed by atoms with Gasteiger partial charge in [-0.3, -0.25) is 4.79 Å². The molecule has 0 fully saturated rings. The molecule has 3 N–H and O–H groups in total. The number of nitrogens with two attached hydrogens (primary N) is 1. The van der Waals surface area contributed by atoms with Crippen molar-refractivity contribution in [2.75, 3.05) is 6.54 Å². The molecule has 3 nitrogen and oxygen atoms in total. The molecule has 0 aliphatic carbocycles. The Morgan fingerprint density at radius 3 is 2.87 bits per heavy atom. The van der Waals surface area contributed by atoms with Crippen molar-refractivity contribution in [2.24, 2.45) is 5.73 Å². The molecule has 1 rings (SSSR count). The van der Waals surface area contributed by atoms with E-state index < -0.39 is 0 Å². The Kier molecular flexibility index (Phi) is 4.29. The van der Waals surface area contributed by atoms with Crippen LogP contribution in [-0.2, 0) is 11.2 Å². The van der Waals surface area contributed by atoms with Crippen LogP contribution in [0.4, 0.5) is 0 Å². The van der Waals surface area contributed by atoms with Crippen molar-refractivity contribution >= 4 is 17.2 Å². The van der Waals surface area contributed by atoms with Gasteiger partial charge in [0.2, 0.25) is 5.91 Å². The van der Waals surface area contributed by atoms with E-state index in [9.17, 15) is 4.79 Å². The maximum absolute atomic E-state index is 10.8. The molecule has 0 atom stereocenters. The quantitative estimate of drug-likeness (QED) is 0.773. The predicted molar refractivity (Wildman–Crippen MR) is 63.9 cm³/mol. The highest BCUT2D eigenvalue weighted by Crippen LogP contribution is 2.09. The van der Waals surface area contributed by atoms with Gasteiger partial charge in [0.05, 0.1) is 0 Å². The summed E-state index contributed by atoms with van der Waals surface area (Å²) in [6.07, 6.45) is 1.36. The maximum atomic E-state index is 10.8. The first-order valence-corrected chi connectivity index (χ1v) is 5.98. The number of hydrogen-bond acceptors (Lipinski definition) is 3. The zero-order valence-electron chi connectivity index (χ0n) is 9.25. The first kappa shape index (κ1) is 12.2. The molecule has 0 aliphatic heterocycles. The van der Waals surface area contributed by atoms with Crippen LogP contribution in [-0.4, -0.2) is 18.0 Å². The van der Waals surface area contributed by atoms with Crippen LogP contribution in [0.2, 0.25) is 0 Å². The molecule has 0 bridgehead atoms. The van der Waals surface area contributed by atoms with E-state index in [1.54, 1.807) is 11.3 Å². The van der Waals surface area contributed by atoms with Gasteiger partial charge in [-0.25, -0.2) is 0 Å². The number of thiophene rings is 1. The van der Waals surface area contributed by atoms with E-state index in [1.165, 1.54) is 5.56 Å². The molecule has 84 valence electrons. The third-order valence-electron chi connectivity index (χ3n) is 2.21. The van der Waals surface area contributed by atoms with Gasteiger partial charge in [0.15, 0.2) is 0 Å². The van der Waals surface area contributed by atoms with E-state index in [-0.39, 0.29) is 11.4 Å². The maximum Gasteiger partial charge on any atom is 0.219 e. The number of rotatable bonds is 6. The standard InChI is InChI=1S/C11H18N2OS/c1-11(2,7-10(12)14)13-5-3-9-4-6-15-8-9/h4,6,8,13H,3,5,7H2,1-2H3,(H2,12,14). The molecular weight excluding hydrogens is 208 g/mol. The number of hydrogen-bond donors (Lipinski definition) is 2. The number of carbonyl (C=O) groups is 1. The lowest BCUT2D eigenvalue weighted by Gasteiger charge is -2.24. The summed E-state index contributed by atoms with van der Waals surface area (Å²) in [5.41, 5.74) is 6.30. The fourth-order valence-electron chi connectivity index (χ4n) is 1.48. The summed E-state index contributed by atoms with van der Waals surface area (Å²) in [6, 6.07) is 2.12. The van der Waals surface area contributed by atoms with E-state index in [0.29, 0.717) is 6.42 Å². The molecule has 0 unspecified atom stereocenters. The summed E-state index contributed by atoms with van der Waals surface area (Å²) < 4.78 is 0. The van der Waals surface area contributed by atoms with E-state index in [2.05, 4.69) is 22.1 Å². The number of primary amides is 1. The molecule has 0 spiro atoms. The third-order valence-corrected chi connectivity index (χ3v) is 2.95. The van der Waals surface area contributed by atoms with Gasteiger partial charge in [0.25, 0.3) is 0 Å². The van der Waals surface area contributed by atoms with Gasteiger partial charge in [-0.1, -0.05) is 0 Å². The van der Waals surface area contributed by atoms with Gasteiger partial charge in [0.1, 0.15) is 0 Å². The molecule has 1 aromatic heterocycles. The molecule has 0 aromatic carbocycles. The van der Waals surface area contributed by atoms with E-state index in [1.807, 2.05) is 13.8 Å². The Balaban J connectivity index is 2.27. The van der Waals surface area contributed by atoms with Gasteiger partial charge in [-0.05, 0) is 49.2 Å². The minimum atomic E-state index is -0.261. The fourth-order valence-corrected chi connectivity index (χ4v) is 2.18. The predicted octanol–water partition coefficient (Wildman–Crippen LogP) is 1.53. The number of nitrogens with one attached hydrogen (secondary N) is 1. The number of carbonyl (C=O) groups excluding carboxylic acids is 1. The van der Waals surface area contributed by atoms with Crippen LogP contribution in [0.15, 0.2) is 16.8 Å². The SMILES string of the molecule is CC(C)(CC(N)=O)NCCc1ccsc1. The molecule has 0 saturated heterocycles. The second-order valence-corrected chi connectivity index (χ2v) is 5.12. The van der Waals surface area contributed by atoms with Crippen LogP contribution in [0.1, 0.15) is 25.8 Å². The number of amides is 1. The Labute approximate surface area is 94.7 Å². The van der Waals surface area contributed by atoms with Crippen molar-refractivity contribution in [3.05, 3.63) is 22.4 Å². The normalized spacial score (nSPS) is 11.6. The largest absolute Gasteiger partial charge is 0.370 e. The van der Waals surface area contributed by atoms with Crippen molar-refractivity contribution in [2.45, 2.75) is 32.2 Å². The summed E-state index contributed by atoms with van der Waals surface area (Å²) in [4.78, 5) is 10.8. The van der Waals surface area contributed by atoms with Crippen LogP contribution < -0.4 is 11.1 Å². The second-order valence-electron chi connectivity index (χ2n) is 4.34. The zero-order valence-corrected chi connectivity index (χ0v) is 10.1. The van der Waals surface area contributed by atoms with Gasteiger partial charge in [-0.15, -0.1) is 0 Å². The molecule has 0 radical (unpaired) electrons. The zero-order chi connectivity index (χ0) is 11.3. The molecule has 4 heteroatoms. The van der Waals surface area contributed by atoms with Gasteiger partial charge in [0, 0.05) is 12.0 Å².